The molecule has 1 atom stereocenters. The van der Waals surface area contributed by atoms with Crippen LogP contribution in [0.5, 0.6) is 5.88 Å². The summed E-state index contributed by atoms with van der Waals surface area (Å²) in [6, 6.07) is 3.58. The minimum atomic E-state index is 0.0623. The van der Waals surface area contributed by atoms with Crippen LogP contribution in [0.4, 0.5) is 5.69 Å². The Kier molecular flexibility index (Phi) is 4.90. The van der Waals surface area contributed by atoms with Crippen molar-refractivity contribution in [2.24, 2.45) is 5.92 Å². The van der Waals surface area contributed by atoms with Gasteiger partial charge >= 0.3 is 0 Å². The summed E-state index contributed by atoms with van der Waals surface area (Å²) in [4.78, 5) is 18.8. The van der Waals surface area contributed by atoms with Gasteiger partial charge in [-0.2, -0.15) is 0 Å². The number of carbonyl (C=O) groups is 1. The standard InChI is InChI=1S/C16H23N3O3/c1-19-7-3-12(4-8-19)16(20)18-13-2-6-17-15(10-13)22-14-5-9-21-11-14/h2,6,10,12,14H,3-5,7-9,11H2,1H3,(H,17,18,20). The highest BCUT2D eigenvalue weighted by Crippen LogP contribution is 2.21. The van der Waals surface area contributed by atoms with Crippen molar-refractivity contribution in [3.05, 3.63) is 18.3 Å². The molecule has 0 aromatic carbocycles. The van der Waals surface area contributed by atoms with E-state index in [0.29, 0.717) is 12.5 Å². The molecule has 0 spiro atoms. The summed E-state index contributed by atoms with van der Waals surface area (Å²) in [6.07, 6.45) is 4.43. The van der Waals surface area contributed by atoms with Gasteiger partial charge < -0.3 is 19.7 Å². The molecule has 1 N–H and O–H groups in total. The van der Waals surface area contributed by atoms with Crippen molar-refractivity contribution in [1.82, 2.24) is 9.88 Å². The van der Waals surface area contributed by atoms with E-state index in [1.807, 2.05) is 0 Å². The molecule has 22 heavy (non-hydrogen) atoms. The van der Waals surface area contributed by atoms with Crippen molar-refractivity contribution < 1.29 is 14.3 Å². The molecule has 0 aliphatic carbocycles. The third kappa shape index (κ3) is 3.96. The molecular weight excluding hydrogens is 282 g/mol. The molecule has 1 aromatic rings. The predicted octanol–water partition coefficient (Wildman–Crippen LogP) is 1.53. The number of ether oxygens (including phenoxy) is 2. The van der Waals surface area contributed by atoms with Crippen molar-refractivity contribution in [2.45, 2.75) is 25.4 Å². The number of nitrogens with zero attached hydrogens (tertiary/aromatic N) is 2. The van der Waals surface area contributed by atoms with Crippen molar-refractivity contribution in [3.8, 4) is 5.88 Å². The van der Waals surface area contributed by atoms with Crippen molar-refractivity contribution in [2.75, 3.05) is 38.7 Å². The normalized spacial score (nSPS) is 23.4. The second-order valence-electron chi connectivity index (χ2n) is 6.05. The number of carbonyl (C=O) groups excluding carboxylic acids is 1. The first-order valence-electron chi connectivity index (χ1n) is 7.90. The van der Waals surface area contributed by atoms with Crippen LogP contribution in [0.2, 0.25) is 0 Å². The molecule has 2 saturated heterocycles. The second kappa shape index (κ2) is 7.07. The summed E-state index contributed by atoms with van der Waals surface area (Å²) < 4.78 is 11.0. The highest BCUT2D eigenvalue weighted by molar-refractivity contribution is 5.92. The Morgan fingerprint density at radius 2 is 2.23 bits per heavy atom. The van der Waals surface area contributed by atoms with Crippen LogP contribution < -0.4 is 10.1 Å². The number of nitrogens with one attached hydrogen (secondary N) is 1. The van der Waals surface area contributed by atoms with Gasteiger partial charge in [0.1, 0.15) is 6.10 Å². The SMILES string of the molecule is CN1CCC(C(=O)Nc2ccnc(OC3CCOC3)c2)CC1. The number of anilines is 1. The molecule has 0 bridgehead atoms. The lowest BCUT2D eigenvalue weighted by atomic mass is 9.96. The Morgan fingerprint density at radius 3 is 2.95 bits per heavy atom. The number of hydrogen-bond acceptors (Lipinski definition) is 5. The van der Waals surface area contributed by atoms with Crippen LogP contribution in [0.3, 0.4) is 0 Å². The van der Waals surface area contributed by atoms with E-state index in [0.717, 1.165) is 44.6 Å². The maximum absolute atomic E-state index is 12.3. The average Bonchev–Trinajstić information content (AvgIpc) is 3.01. The smallest absolute Gasteiger partial charge is 0.227 e. The maximum Gasteiger partial charge on any atom is 0.227 e. The quantitative estimate of drug-likeness (QED) is 0.914. The molecule has 2 aliphatic heterocycles. The van der Waals surface area contributed by atoms with E-state index in [9.17, 15) is 4.79 Å². The van der Waals surface area contributed by atoms with Gasteiger partial charge in [-0.25, -0.2) is 4.98 Å². The lowest BCUT2D eigenvalue weighted by Gasteiger charge is -2.28. The maximum atomic E-state index is 12.3. The highest BCUT2D eigenvalue weighted by atomic mass is 16.5. The van der Waals surface area contributed by atoms with Crippen molar-refractivity contribution in [1.29, 1.82) is 0 Å². The van der Waals surface area contributed by atoms with Gasteiger partial charge in [-0.3, -0.25) is 4.79 Å². The number of aromatic nitrogens is 1. The number of amides is 1. The van der Waals surface area contributed by atoms with Gasteiger partial charge in [-0.05, 0) is 39.0 Å². The Balaban J connectivity index is 1.56. The highest BCUT2D eigenvalue weighted by Gasteiger charge is 2.23. The first-order valence-corrected chi connectivity index (χ1v) is 7.90. The molecule has 120 valence electrons. The number of hydrogen-bond donors (Lipinski definition) is 1. The average molecular weight is 305 g/mol. The Morgan fingerprint density at radius 1 is 1.41 bits per heavy atom. The van der Waals surface area contributed by atoms with Crippen molar-refractivity contribution >= 4 is 11.6 Å². The number of likely N-dealkylation sites (tertiary alicyclic amines) is 1. The van der Waals surface area contributed by atoms with Crippen LogP contribution in [-0.2, 0) is 9.53 Å². The van der Waals surface area contributed by atoms with E-state index in [1.54, 1.807) is 18.3 Å². The van der Waals surface area contributed by atoms with Gasteiger partial charge in [0.25, 0.3) is 0 Å². The van der Waals surface area contributed by atoms with Crippen LogP contribution in [0.1, 0.15) is 19.3 Å². The number of rotatable bonds is 4. The fourth-order valence-corrected chi connectivity index (χ4v) is 2.84. The van der Waals surface area contributed by atoms with Gasteiger partial charge in [-0.15, -0.1) is 0 Å². The fourth-order valence-electron chi connectivity index (χ4n) is 2.84. The van der Waals surface area contributed by atoms with Crippen LogP contribution >= 0.6 is 0 Å². The lowest BCUT2D eigenvalue weighted by Crippen LogP contribution is -2.35. The Bertz CT molecular complexity index is 509. The molecule has 3 heterocycles. The zero-order valence-electron chi connectivity index (χ0n) is 13.0. The summed E-state index contributed by atoms with van der Waals surface area (Å²) >= 11 is 0. The van der Waals surface area contributed by atoms with E-state index in [2.05, 4.69) is 22.2 Å². The van der Waals surface area contributed by atoms with E-state index in [4.69, 9.17) is 9.47 Å². The molecular formula is C16H23N3O3. The van der Waals surface area contributed by atoms with E-state index in [-0.39, 0.29) is 17.9 Å². The first-order chi connectivity index (χ1) is 10.7. The minimum absolute atomic E-state index is 0.0623. The molecule has 1 amide bonds. The molecule has 0 radical (unpaired) electrons. The molecule has 3 rings (SSSR count). The largest absolute Gasteiger partial charge is 0.472 e. The van der Waals surface area contributed by atoms with Gasteiger partial charge in [0, 0.05) is 30.3 Å². The summed E-state index contributed by atoms with van der Waals surface area (Å²) in [5, 5.41) is 2.98. The zero-order valence-corrected chi connectivity index (χ0v) is 13.0. The third-order valence-electron chi connectivity index (χ3n) is 4.27. The second-order valence-corrected chi connectivity index (χ2v) is 6.05. The molecule has 2 aliphatic rings. The summed E-state index contributed by atoms with van der Waals surface area (Å²) in [7, 11) is 2.09. The van der Waals surface area contributed by atoms with Gasteiger partial charge in [0.05, 0.1) is 13.2 Å². The molecule has 0 saturated carbocycles. The van der Waals surface area contributed by atoms with E-state index >= 15 is 0 Å². The van der Waals surface area contributed by atoms with Gasteiger partial charge in [-0.1, -0.05) is 0 Å². The summed E-state index contributed by atoms with van der Waals surface area (Å²) in [5.74, 6) is 0.725. The Hall–Kier alpha value is -1.66. The molecule has 6 heteroatoms. The molecule has 1 aromatic heterocycles. The topological polar surface area (TPSA) is 63.7 Å². The van der Waals surface area contributed by atoms with Crippen LogP contribution in [0.15, 0.2) is 18.3 Å². The zero-order chi connectivity index (χ0) is 15.4. The fraction of sp³-hybridized carbons (Fsp3) is 0.625. The van der Waals surface area contributed by atoms with Crippen LogP contribution in [0, 0.1) is 5.92 Å². The Labute approximate surface area is 130 Å². The number of piperidine rings is 1. The van der Waals surface area contributed by atoms with Gasteiger partial charge in [0.15, 0.2) is 0 Å². The number of pyridine rings is 1. The molecule has 1 unspecified atom stereocenters. The summed E-state index contributed by atoms with van der Waals surface area (Å²) in [5.41, 5.74) is 0.743. The predicted molar refractivity (Wildman–Crippen MR) is 82.9 cm³/mol. The van der Waals surface area contributed by atoms with Crippen LogP contribution in [-0.4, -0.2) is 55.2 Å². The van der Waals surface area contributed by atoms with E-state index in [1.165, 1.54) is 0 Å². The van der Waals surface area contributed by atoms with Crippen LogP contribution in [0.25, 0.3) is 0 Å². The molecule has 6 nitrogen and oxygen atoms in total. The van der Waals surface area contributed by atoms with Gasteiger partial charge in [0.2, 0.25) is 11.8 Å². The third-order valence-corrected chi connectivity index (χ3v) is 4.27. The monoisotopic (exact) mass is 305 g/mol. The lowest BCUT2D eigenvalue weighted by molar-refractivity contribution is -0.121. The van der Waals surface area contributed by atoms with Crippen molar-refractivity contribution in [3.63, 3.8) is 0 Å². The summed E-state index contributed by atoms with van der Waals surface area (Å²) in [6.45, 7) is 3.29. The first kappa shape index (κ1) is 15.2. The molecule has 2 fully saturated rings. The van der Waals surface area contributed by atoms with E-state index < -0.39 is 0 Å². The minimum Gasteiger partial charge on any atom is -0.472 e.